The van der Waals surface area contributed by atoms with E-state index in [9.17, 15) is 0 Å². The van der Waals surface area contributed by atoms with E-state index in [1.165, 1.54) is 55.6 Å². The van der Waals surface area contributed by atoms with Gasteiger partial charge in [0.05, 0.1) is 0 Å². The monoisotopic (exact) mass is 513 g/mol. The molecular formula is C39H31N. The molecule has 1 nitrogen and oxygen atoms in total. The van der Waals surface area contributed by atoms with Crippen LogP contribution in [-0.2, 0) is 5.41 Å². The molecule has 1 heteroatoms. The Morgan fingerprint density at radius 1 is 0.375 bits per heavy atom. The third kappa shape index (κ3) is 4.30. The Kier molecular flexibility index (Phi) is 5.86. The van der Waals surface area contributed by atoms with Crippen LogP contribution in [0.15, 0.2) is 146 Å². The van der Waals surface area contributed by atoms with E-state index >= 15 is 0 Å². The summed E-state index contributed by atoms with van der Waals surface area (Å²) >= 11 is 0. The first-order chi connectivity index (χ1) is 19.6. The van der Waals surface area contributed by atoms with Crippen molar-refractivity contribution in [1.82, 2.24) is 0 Å². The van der Waals surface area contributed by atoms with Crippen LogP contribution in [0.25, 0.3) is 44.5 Å². The molecular weight excluding hydrogens is 482 g/mol. The minimum atomic E-state index is -0.0838. The van der Waals surface area contributed by atoms with E-state index in [0.717, 1.165) is 11.4 Å². The summed E-state index contributed by atoms with van der Waals surface area (Å²) in [6.45, 7) is 4.69. The minimum absolute atomic E-state index is 0.0838. The first-order valence-corrected chi connectivity index (χ1v) is 13.9. The van der Waals surface area contributed by atoms with Crippen molar-refractivity contribution in [2.45, 2.75) is 19.3 Å². The largest absolute Gasteiger partial charge is 0.356 e. The molecule has 0 radical (unpaired) electrons. The van der Waals surface area contributed by atoms with E-state index in [0.29, 0.717) is 0 Å². The van der Waals surface area contributed by atoms with Gasteiger partial charge in [-0.25, -0.2) is 0 Å². The van der Waals surface area contributed by atoms with Crippen molar-refractivity contribution in [2.24, 2.45) is 0 Å². The van der Waals surface area contributed by atoms with Crippen LogP contribution in [0.2, 0.25) is 0 Å². The SMILES string of the molecule is CC1(C)c2cc(Nc3ccc(-c4ccccc4)cc3)ccc2-c2ccc(-c3ccc(-c4ccccc4)cc3)cc21. The average Bonchev–Trinajstić information content (AvgIpc) is 3.24. The summed E-state index contributed by atoms with van der Waals surface area (Å²) in [7, 11) is 0. The molecule has 0 heterocycles. The van der Waals surface area contributed by atoms with Gasteiger partial charge >= 0.3 is 0 Å². The summed E-state index contributed by atoms with van der Waals surface area (Å²) < 4.78 is 0. The topological polar surface area (TPSA) is 12.0 Å². The van der Waals surface area contributed by atoms with Crippen molar-refractivity contribution >= 4 is 11.4 Å². The van der Waals surface area contributed by atoms with Crippen LogP contribution in [0.5, 0.6) is 0 Å². The molecule has 0 aliphatic heterocycles. The van der Waals surface area contributed by atoms with Crippen LogP contribution < -0.4 is 5.32 Å². The fourth-order valence-electron chi connectivity index (χ4n) is 6.02. The Morgan fingerprint density at radius 2 is 0.775 bits per heavy atom. The molecule has 0 aromatic heterocycles. The van der Waals surface area contributed by atoms with Gasteiger partial charge in [0.1, 0.15) is 0 Å². The molecule has 0 amide bonds. The second-order valence-electron chi connectivity index (χ2n) is 11.2. The number of hydrogen-bond acceptors (Lipinski definition) is 1. The van der Waals surface area contributed by atoms with Gasteiger partial charge in [0.15, 0.2) is 0 Å². The fourth-order valence-corrected chi connectivity index (χ4v) is 6.02. The van der Waals surface area contributed by atoms with E-state index < -0.39 is 0 Å². The zero-order chi connectivity index (χ0) is 27.1. The van der Waals surface area contributed by atoms with E-state index in [-0.39, 0.29) is 5.41 Å². The van der Waals surface area contributed by atoms with Gasteiger partial charge in [0, 0.05) is 16.8 Å². The summed E-state index contributed by atoms with van der Waals surface area (Å²) in [5.41, 5.74) is 15.0. The molecule has 1 aliphatic carbocycles. The molecule has 0 spiro atoms. The third-order valence-corrected chi connectivity index (χ3v) is 8.28. The maximum atomic E-state index is 3.63. The first-order valence-electron chi connectivity index (χ1n) is 13.9. The molecule has 6 aromatic rings. The molecule has 0 bridgehead atoms. The second kappa shape index (κ2) is 9.70. The summed E-state index contributed by atoms with van der Waals surface area (Å²) in [5, 5.41) is 3.63. The summed E-state index contributed by atoms with van der Waals surface area (Å²) in [6.07, 6.45) is 0. The zero-order valence-corrected chi connectivity index (χ0v) is 22.9. The van der Waals surface area contributed by atoms with Gasteiger partial charge in [-0.2, -0.15) is 0 Å². The number of nitrogens with one attached hydrogen (secondary N) is 1. The van der Waals surface area contributed by atoms with Gasteiger partial charge in [-0.1, -0.05) is 129 Å². The van der Waals surface area contributed by atoms with Crippen molar-refractivity contribution in [3.05, 3.63) is 157 Å². The fraction of sp³-hybridized carbons (Fsp3) is 0.0769. The van der Waals surface area contributed by atoms with Gasteiger partial charge in [0.2, 0.25) is 0 Å². The lowest BCUT2D eigenvalue weighted by atomic mass is 9.81. The number of fused-ring (bicyclic) bond motifs is 3. The molecule has 0 saturated heterocycles. The predicted molar refractivity (Wildman–Crippen MR) is 170 cm³/mol. The van der Waals surface area contributed by atoms with Crippen LogP contribution in [-0.4, -0.2) is 0 Å². The quantitative estimate of drug-likeness (QED) is 0.242. The lowest BCUT2D eigenvalue weighted by molar-refractivity contribution is 0.661. The molecule has 7 rings (SSSR count). The molecule has 1 aliphatic rings. The summed E-state index contributed by atoms with van der Waals surface area (Å²) in [6, 6.07) is 52.4. The van der Waals surface area contributed by atoms with Gasteiger partial charge in [-0.05, 0) is 86.0 Å². The van der Waals surface area contributed by atoms with Crippen LogP contribution in [0.4, 0.5) is 11.4 Å². The Bertz CT molecular complexity index is 1800. The highest BCUT2D eigenvalue weighted by atomic mass is 14.9. The highest BCUT2D eigenvalue weighted by Crippen LogP contribution is 2.50. The number of rotatable bonds is 5. The van der Waals surface area contributed by atoms with Crippen LogP contribution in [0.1, 0.15) is 25.0 Å². The van der Waals surface area contributed by atoms with Crippen molar-refractivity contribution in [1.29, 1.82) is 0 Å². The van der Waals surface area contributed by atoms with E-state index in [4.69, 9.17) is 0 Å². The molecule has 0 atom stereocenters. The highest BCUT2D eigenvalue weighted by molar-refractivity contribution is 5.85. The molecule has 6 aromatic carbocycles. The Labute approximate surface area is 236 Å². The van der Waals surface area contributed by atoms with Gasteiger partial charge in [0.25, 0.3) is 0 Å². The lowest BCUT2D eigenvalue weighted by Gasteiger charge is -2.23. The standard InChI is InChI=1S/C39H31N/c1-39(2)37-25-32(31-15-13-29(14-16-31)27-9-5-3-6-10-27)19-23-35(37)36-24-22-34(26-38(36)39)40-33-20-17-30(18-21-33)28-11-7-4-8-12-28/h3-26,40H,1-2H3. The Hall–Kier alpha value is -4.88. The number of anilines is 2. The van der Waals surface area contributed by atoms with Gasteiger partial charge in [-0.15, -0.1) is 0 Å². The molecule has 0 saturated carbocycles. The smallest absolute Gasteiger partial charge is 0.0387 e. The molecule has 40 heavy (non-hydrogen) atoms. The van der Waals surface area contributed by atoms with Crippen molar-refractivity contribution in [2.75, 3.05) is 5.32 Å². The van der Waals surface area contributed by atoms with Gasteiger partial charge in [-0.3, -0.25) is 0 Å². The molecule has 192 valence electrons. The maximum Gasteiger partial charge on any atom is 0.0387 e. The molecule has 1 N–H and O–H groups in total. The van der Waals surface area contributed by atoms with Crippen LogP contribution >= 0.6 is 0 Å². The Balaban J connectivity index is 1.15. The first kappa shape index (κ1) is 24.2. The average molecular weight is 514 g/mol. The van der Waals surface area contributed by atoms with E-state index in [2.05, 4.69) is 165 Å². The van der Waals surface area contributed by atoms with E-state index in [1.54, 1.807) is 0 Å². The third-order valence-electron chi connectivity index (χ3n) is 8.28. The summed E-state index contributed by atoms with van der Waals surface area (Å²) in [5.74, 6) is 0. The van der Waals surface area contributed by atoms with Crippen molar-refractivity contribution in [3.8, 4) is 44.5 Å². The molecule has 0 unspecified atom stereocenters. The normalized spacial score (nSPS) is 12.9. The Morgan fingerprint density at radius 3 is 1.35 bits per heavy atom. The molecule has 0 fully saturated rings. The number of benzene rings is 6. The highest BCUT2D eigenvalue weighted by Gasteiger charge is 2.35. The lowest BCUT2D eigenvalue weighted by Crippen LogP contribution is -2.15. The maximum absolute atomic E-state index is 3.63. The number of hydrogen-bond donors (Lipinski definition) is 1. The van der Waals surface area contributed by atoms with Gasteiger partial charge < -0.3 is 5.32 Å². The van der Waals surface area contributed by atoms with Crippen molar-refractivity contribution < 1.29 is 0 Å². The van der Waals surface area contributed by atoms with E-state index in [1.807, 2.05) is 0 Å². The summed E-state index contributed by atoms with van der Waals surface area (Å²) in [4.78, 5) is 0. The predicted octanol–water partition coefficient (Wildman–Crippen LogP) is 10.7. The minimum Gasteiger partial charge on any atom is -0.356 e. The second-order valence-corrected chi connectivity index (χ2v) is 11.2. The van der Waals surface area contributed by atoms with Crippen LogP contribution in [0.3, 0.4) is 0 Å². The zero-order valence-electron chi connectivity index (χ0n) is 22.9. The van der Waals surface area contributed by atoms with Crippen LogP contribution in [0, 0.1) is 0 Å². The van der Waals surface area contributed by atoms with Crippen molar-refractivity contribution in [3.63, 3.8) is 0 Å².